The van der Waals surface area contributed by atoms with Crippen LogP contribution < -0.4 is 5.32 Å². The highest BCUT2D eigenvalue weighted by Crippen LogP contribution is 2.31. The summed E-state index contributed by atoms with van der Waals surface area (Å²) in [5.41, 5.74) is 1.69. The molecule has 1 N–H and O–H groups in total. The van der Waals surface area contributed by atoms with Crippen LogP contribution in [0.25, 0.3) is 0 Å². The monoisotopic (exact) mass is 305 g/mol. The highest BCUT2D eigenvalue weighted by molar-refractivity contribution is 9.10. The second kappa shape index (κ2) is 4.91. The minimum Gasteiger partial charge on any atom is -0.380 e. The van der Waals surface area contributed by atoms with Crippen LogP contribution >= 0.6 is 15.9 Å². The van der Waals surface area contributed by atoms with Gasteiger partial charge in [-0.05, 0) is 50.0 Å². The Labute approximate surface area is 116 Å². The molecular weight excluding hydrogens is 290 g/mol. The molecule has 0 aromatic heterocycles. The summed E-state index contributed by atoms with van der Waals surface area (Å²) >= 11 is 3.41. The number of hydrogen-bond donors (Lipinski definition) is 1. The van der Waals surface area contributed by atoms with Gasteiger partial charge in [-0.2, -0.15) is 5.26 Å². The fourth-order valence-electron chi connectivity index (χ4n) is 3.06. The first-order valence-electron chi connectivity index (χ1n) is 6.45. The lowest BCUT2D eigenvalue weighted by atomic mass is 9.84. The Morgan fingerprint density at radius 1 is 1.33 bits per heavy atom. The van der Waals surface area contributed by atoms with E-state index < -0.39 is 0 Å². The van der Waals surface area contributed by atoms with E-state index in [0.29, 0.717) is 6.04 Å². The Morgan fingerprint density at radius 2 is 2.11 bits per heavy atom. The van der Waals surface area contributed by atoms with Gasteiger partial charge >= 0.3 is 0 Å². The van der Waals surface area contributed by atoms with Gasteiger partial charge in [0.2, 0.25) is 0 Å². The van der Waals surface area contributed by atoms with Gasteiger partial charge in [-0.25, -0.2) is 0 Å². The van der Waals surface area contributed by atoms with Crippen LogP contribution in [0.3, 0.4) is 0 Å². The van der Waals surface area contributed by atoms with Gasteiger partial charge in [0.15, 0.2) is 0 Å². The summed E-state index contributed by atoms with van der Waals surface area (Å²) in [6.07, 6.45) is 2.58. The lowest BCUT2D eigenvalue weighted by Crippen LogP contribution is -2.53. The molecule has 1 atom stereocenters. The van der Waals surface area contributed by atoms with Crippen molar-refractivity contribution in [3.63, 3.8) is 0 Å². The van der Waals surface area contributed by atoms with E-state index in [4.69, 9.17) is 0 Å². The van der Waals surface area contributed by atoms with E-state index in [-0.39, 0.29) is 0 Å². The van der Waals surface area contributed by atoms with Gasteiger partial charge in [0.25, 0.3) is 0 Å². The van der Waals surface area contributed by atoms with Crippen molar-refractivity contribution in [2.75, 3.05) is 25.0 Å². The highest BCUT2D eigenvalue weighted by atomic mass is 79.9. The second-order valence-electron chi connectivity index (χ2n) is 5.19. The SMILES string of the molecule is N#Cc1cc(Br)ccc1NC1CN2CCC1CC2. The molecule has 0 spiro atoms. The Morgan fingerprint density at radius 3 is 2.72 bits per heavy atom. The molecular formula is C14H16BrN3. The molecule has 1 unspecified atom stereocenters. The lowest BCUT2D eigenvalue weighted by molar-refractivity contribution is 0.0975. The van der Waals surface area contributed by atoms with Crippen LogP contribution in [0.15, 0.2) is 22.7 Å². The summed E-state index contributed by atoms with van der Waals surface area (Å²) in [4.78, 5) is 2.52. The van der Waals surface area contributed by atoms with Crippen molar-refractivity contribution in [3.8, 4) is 6.07 Å². The van der Waals surface area contributed by atoms with Gasteiger partial charge in [0, 0.05) is 17.1 Å². The van der Waals surface area contributed by atoms with Crippen LogP contribution in [-0.2, 0) is 0 Å². The molecule has 2 bridgehead atoms. The zero-order valence-corrected chi connectivity index (χ0v) is 11.8. The standard InChI is InChI=1S/C14H16BrN3/c15-12-1-2-13(11(7-12)8-16)17-14-9-18-5-3-10(14)4-6-18/h1-2,7,10,14,17H,3-6,9H2. The number of nitrogens with zero attached hydrogens (tertiary/aromatic N) is 2. The van der Waals surface area contributed by atoms with E-state index in [2.05, 4.69) is 32.2 Å². The predicted octanol–water partition coefficient (Wildman–Crippen LogP) is 2.83. The van der Waals surface area contributed by atoms with Crippen molar-refractivity contribution in [2.45, 2.75) is 18.9 Å². The van der Waals surface area contributed by atoms with Crippen LogP contribution in [-0.4, -0.2) is 30.6 Å². The molecule has 94 valence electrons. The molecule has 3 saturated heterocycles. The molecule has 0 aliphatic carbocycles. The molecule has 3 heterocycles. The topological polar surface area (TPSA) is 39.1 Å². The molecule has 4 heteroatoms. The lowest BCUT2D eigenvalue weighted by Gasteiger charge is -2.45. The van der Waals surface area contributed by atoms with Crippen molar-refractivity contribution in [2.24, 2.45) is 5.92 Å². The largest absolute Gasteiger partial charge is 0.380 e. The number of halogens is 1. The summed E-state index contributed by atoms with van der Waals surface area (Å²) in [7, 11) is 0. The summed E-state index contributed by atoms with van der Waals surface area (Å²) in [5.74, 6) is 0.769. The van der Waals surface area contributed by atoms with Crippen LogP contribution in [0.5, 0.6) is 0 Å². The molecule has 0 saturated carbocycles. The number of anilines is 1. The maximum absolute atomic E-state index is 9.18. The fourth-order valence-corrected chi connectivity index (χ4v) is 3.42. The smallest absolute Gasteiger partial charge is 0.101 e. The van der Waals surface area contributed by atoms with Gasteiger partial charge in [0.1, 0.15) is 6.07 Å². The quantitative estimate of drug-likeness (QED) is 0.913. The van der Waals surface area contributed by atoms with Gasteiger partial charge < -0.3 is 10.2 Å². The normalized spacial score (nSPS) is 29.9. The Hall–Kier alpha value is -1.05. The van der Waals surface area contributed by atoms with Crippen LogP contribution in [0.4, 0.5) is 5.69 Å². The first-order valence-corrected chi connectivity index (χ1v) is 7.24. The van der Waals surface area contributed by atoms with Crippen molar-refractivity contribution in [1.82, 2.24) is 4.90 Å². The molecule has 0 amide bonds. The Bertz CT molecular complexity index is 486. The third kappa shape index (κ3) is 2.25. The zero-order valence-electron chi connectivity index (χ0n) is 10.2. The fraction of sp³-hybridized carbons (Fsp3) is 0.500. The highest BCUT2D eigenvalue weighted by Gasteiger charge is 2.34. The van der Waals surface area contributed by atoms with E-state index in [9.17, 15) is 5.26 Å². The van der Waals surface area contributed by atoms with E-state index in [1.165, 1.54) is 25.9 Å². The number of nitrogens with one attached hydrogen (secondary N) is 1. The third-order valence-electron chi connectivity index (χ3n) is 4.10. The number of rotatable bonds is 2. The maximum Gasteiger partial charge on any atom is 0.101 e. The van der Waals surface area contributed by atoms with Crippen LogP contribution in [0.2, 0.25) is 0 Å². The minimum atomic E-state index is 0.501. The first-order chi connectivity index (χ1) is 8.76. The zero-order chi connectivity index (χ0) is 12.5. The van der Waals surface area contributed by atoms with Crippen molar-refractivity contribution < 1.29 is 0 Å². The average Bonchev–Trinajstić information content (AvgIpc) is 2.42. The predicted molar refractivity (Wildman–Crippen MR) is 75.4 cm³/mol. The molecule has 3 fully saturated rings. The number of nitriles is 1. The van der Waals surface area contributed by atoms with Gasteiger partial charge in [-0.1, -0.05) is 15.9 Å². The molecule has 1 aromatic rings. The van der Waals surface area contributed by atoms with Crippen LogP contribution in [0.1, 0.15) is 18.4 Å². The number of fused-ring (bicyclic) bond motifs is 3. The first kappa shape index (κ1) is 12.0. The van der Waals surface area contributed by atoms with Crippen molar-refractivity contribution in [1.29, 1.82) is 5.26 Å². The maximum atomic E-state index is 9.18. The Balaban J connectivity index is 1.79. The molecule has 3 aliphatic heterocycles. The van der Waals surface area contributed by atoms with E-state index in [0.717, 1.165) is 28.2 Å². The van der Waals surface area contributed by atoms with Crippen molar-refractivity contribution in [3.05, 3.63) is 28.2 Å². The minimum absolute atomic E-state index is 0.501. The van der Waals surface area contributed by atoms with E-state index >= 15 is 0 Å². The third-order valence-corrected chi connectivity index (χ3v) is 4.59. The number of piperidine rings is 3. The summed E-state index contributed by atoms with van der Waals surface area (Å²) in [6, 6.07) is 8.63. The summed E-state index contributed by atoms with van der Waals surface area (Å²) in [6.45, 7) is 3.61. The number of hydrogen-bond acceptors (Lipinski definition) is 3. The van der Waals surface area contributed by atoms with E-state index in [1.807, 2.05) is 18.2 Å². The Kier molecular flexibility index (Phi) is 3.27. The molecule has 18 heavy (non-hydrogen) atoms. The molecule has 3 aliphatic rings. The average molecular weight is 306 g/mol. The van der Waals surface area contributed by atoms with E-state index in [1.54, 1.807) is 0 Å². The molecule has 3 nitrogen and oxygen atoms in total. The molecule has 0 radical (unpaired) electrons. The molecule has 4 rings (SSSR count). The molecule has 1 aromatic carbocycles. The van der Waals surface area contributed by atoms with Crippen LogP contribution in [0, 0.1) is 17.2 Å². The van der Waals surface area contributed by atoms with Gasteiger partial charge in [0.05, 0.1) is 11.3 Å². The van der Waals surface area contributed by atoms with Crippen molar-refractivity contribution >= 4 is 21.6 Å². The summed E-state index contributed by atoms with van der Waals surface area (Å²) in [5, 5.41) is 12.8. The van der Waals surface area contributed by atoms with Gasteiger partial charge in [-0.15, -0.1) is 0 Å². The summed E-state index contributed by atoms with van der Waals surface area (Å²) < 4.78 is 0.957. The number of benzene rings is 1. The second-order valence-corrected chi connectivity index (χ2v) is 6.11. The van der Waals surface area contributed by atoms with Gasteiger partial charge in [-0.3, -0.25) is 0 Å².